The molecule has 1 saturated carbocycles. The average molecular weight is 413 g/mol. The van der Waals surface area contributed by atoms with E-state index in [2.05, 4.69) is 36.5 Å². The lowest BCUT2D eigenvalue weighted by molar-refractivity contribution is 0.0996. The average Bonchev–Trinajstić information content (AvgIpc) is 3.23. The van der Waals surface area contributed by atoms with Gasteiger partial charge in [-0.25, -0.2) is 0 Å². The maximum absolute atomic E-state index is 12.0. The van der Waals surface area contributed by atoms with Gasteiger partial charge in [-0.15, -0.1) is 22.7 Å². The third kappa shape index (κ3) is 3.79. The van der Waals surface area contributed by atoms with Gasteiger partial charge < -0.3 is 15.4 Å². The van der Waals surface area contributed by atoms with E-state index in [0.717, 1.165) is 30.6 Å². The van der Waals surface area contributed by atoms with Gasteiger partial charge in [-0.05, 0) is 63.1 Å². The number of hydrogen-bond donors (Lipinski definition) is 1. The number of ether oxygens (including phenoxy) is 1. The number of halogens is 1. The zero-order chi connectivity index (χ0) is 18.8. The van der Waals surface area contributed by atoms with E-state index < -0.39 is 5.91 Å². The summed E-state index contributed by atoms with van der Waals surface area (Å²) in [5.74, 6) is 0.929. The summed E-state index contributed by atoms with van der Waals surface area (Å²) < 4.78 is 5.84. The van der Waals surface area contributed by atoms with Gasteiger partial charge in [0.05, 0.1) is 12.7 Å². The lowest BCUT2D eigenvalue weighted by Gasteiger charge is -2.36. The molecule has 3 rings (SSSR count). The van der Waals surface area contributed by atoms with Crippen LogP contribution in [-0.2, 0) is 0 Å². The molecular weight excluding hydrogens is 388 g/mol. The Balaban J connectivity index is 1.78. The van der Waals surface area contributed by atoms with Gasteiger partial charge in [0.25, 0.3) is 5.91 Å². The van der Waals surface area contributed by atoms with Crippen molar-refractivity contribution < 1.29 is 9.53 Å². The fourth-order valence-corrected chi connectivity index (χ4v) is 6.78. The summed E-state index contributed by atoms with van der Waals surface area (Å²) in [6.07, 6.45) is 4.34. The molecule has 0 aromatic carbocycles. The smallest absolute Gasteiger partial charge is 0.253 e. The van der Waals surface area contributed by atoms with Crippen molar-refractivity contribution in [2.75, 3.05) is 21.2 Å². The fraction of sp³-hybridized carbons (Fsp3) is 0.526. The number of methoxy groups -OCH3 is 1. The standard InChI is InChI=1S/C19H25ClN2O2S2/c1-22(2)15(13-5-4-10-25-13)11-6-8-12(9-7-11)17-14(19(21)23)16(24-3)18(20)26-17/h4-5,10-12,15H,6-9H2,1-3H3,(H2,21,23). The molecule has 0 radical (unpaired) electrons. The van der Waals surface area contributed by atoms with Crippen LogP contribution >= 0.6 is 34.3 Å². The molecule has 0 spiro atoms. The Bertz CT molecular complexity index is 750. The third-order valence-electron chi connectivity index (χ3n) is 5.28. The molecule has 2 heterocycles. The van der Waals surface area contributed by atoms with Crippen LogP contribution in [0.25, 0.3) is 0 Å². The number of carbonyl (C=O) groups excluding carboxylic acids is 1. The zero-order valence-electron chi connectivity index (χ0n) is 15.3. The van der Waals surface area contributed by atoms with Crippen molar-refractivity contribution in [3.8, 4) is 5.75 Å². The maximum atomic E-state index is 12.0. The van der Waals surface area contributed by atoms with Crippen molar-refractivity contribution >= 4 is 40.2 Å². The predicted molar refractivity (Wildman–Crippen MR) is 110 cm³/mol. The van der Waals surface area contributed by atoms with Crippen molar-refractivity contribution in [3.63, 3.8) is 0 Å². The molecule has 7 heteroatoms. The molecule has 1 aliphatic carbocycles. The Kier molecular flexibility index (Phi) is 6.28. The Labute approximate surface area is 167 Å². The Morgan fingerprint density at radius 3 is 2.54 bits per heavy atom. The van der Waals surface area contributed by atoms with Crippen LogP contribution < -0.4 is 10.5 Å². The van der Waals surface area contributed by atoms with Crippen LogP contribution in [0, 0.1) is 5.92 Å². The molecule has 2 aromatic rings. The molecule has 0 aliphatic heterocycles. The van der Waals surface area contributed by atoms with Crippen LogP contribution in [0.3, 0.4) is 0 Å². The van der Waals surface area contributed by atoms with Crippen molar-refractivity contribution in [2.45, 2.75) is 37.6 Å². The highest BCUT2D eigenvalue weighted by Crippen LogP contribution is 2.49. The van der Waals surface area contributed by atoms with E-state index in [1.807, 2.05) is 11.3 Å². The number of hydrogen-bond acceptors (Lipinski definition) is 5. The SMILES string of the molecule is COc1c(Cl)sc(C2CCC(C(c3cccs3)N(C)C)CC2)c1C(N)=O. The number of nitrogens with two attached hydrogens (primary N) is 1. The third-order valence-corrected chi connectivity index (χ3v) is 7.75. The van der Waals surface area contributed by atoms with Gasteiger partial charge in [-0.3, -0.25) is 4.79 Å². The quantitative estimate of drug-likeness (QED) is 0.713. The summed E-state index contributed by atoms with van der Waals surface area (Å²) in [7, 11) is 5.85. The summed E-state index contributed by atoms with van der Waals surface area (Å²) in [5.41, 5.74) is 6.09. The number of primary amides is 1. The van der Waals surface area contributed by atoms with Crippen molar-refractivity contribution in [1.29, 1.82) is 0 Å². The van der Waals surface area contributed by atoms with E-state index in [0.29, 0.717) is 33.5 Å². The van der Waals surface area contributed by atoms with Crippen LogP contribution in [0.1, 0.15) is 57.8 Å². The number of rotatable bonds is 6. The monoisotopic (exact) mass is 412 g/mol. The molecule has 0 bridgehead atoms. The minimum atomic E-state index is -0.452. The normalized spacial score (nSPS) is 21.7. The molecule has 26 heavy (non-hydrogen) atoms. The number of amides is 1. The molecule has 1 amide bonds. The lowest BCUT2D eigenvalue weighted by Crippen LogP contribution is -2.29. The van der Waals surface area contributed by atoms with E-state index in [-0.39, 0.29) is 0 Å². The zero-order valence-corrected chi connectivity index (χ0v) is 17.7. The molecule has 1 aliphatic rings. The minimum absolute atomic E-state index is 0.325. The molecule has 4 nitrogen and oxygen atoms in total. The Hall–Kier alpha value is -1.08. The first kappa shape index (κ1) is 19.7. The highest BCUT2D eigenvalue weighted by Gasteiger charge is 2.34. The van der Waals surface area contributed by atoms with Crippen LogP contribution in [0.15, 0.2) is 17.5 Å². The molecule has 142 valence electrons. The summed E-state index contributed by atoms with van der Waals surface area (Å²) in [6.45, 7) is 0. The van der Waals surface area contributed by atoms with Crippen LogP contribution in [0.5, 0.6) is 5.75 Å². The summed E-state index contributed by atoms with van der Waals surface area (Å²) in [5, 5.41) is 2.15. The summed E-state index contributed by atoms with van der Waals surface area (Å²) in [4.78, 5) is 16.7. The molecule has 0 saturated heterocycles. The van der Waals surface area contributed by atoms with Gasteiger partial charge in [0.2, 0.25) is 0 Å². The summed E-state index contributed by atoms with van der Waals surface area (Å²) in [6, 6.07) is 4.81. The molecular formula is C19H25ClN2O2S2. The number of nitrogens with zero attached hydrogens (tertiary/aromatic N) is 1. The minimum Gasteiger partial charge on any atom is -0.493 e. The van der Waals surface area contributed by atoms with Gasteiger partial charge in [-0.2, -0.15) is 0 Å². The molecule has 2 N–H and O–H groups in total. The van der Waals surface area contributed by atoms with Gasteiger partial charge >= 0.3 is 0 Å². The van der Waals surface area contributed by atoms with Crippen molar-refractivity contribution in [3.05, 3.63) is 37.2 Å². The molecule has 2 aromatic heterocycles. The van der Waals surface area contributed by atoms with Crippen molar-refractivity contribution in [1.82, 2.24) is 4.90 Å². The molecule has 1 fully saturated rings. The van der Waals surface area contributed by atoms with Gasteiger partial charge in [0, 0.05) is 15.8 Å². The first-order valence-electron chi connectivity index (χ1n) is 8.79. The second kappa shape index (κ2) is 8.30. The van der Waals surface area contributed by atoms with Gasteiger partial charge in [0.15, 0.2) is 5.75 Å². The second-order valence-corrected chi connectivity index (χ2v) is 9.68. The Morgan fingerprint density at radius 1 is 1.35 bits per heavy atom. The topological polar surface area (TPSA) is 55.6 Å². The van der Waals surface area contributed by atoms with E-state index in [9.17, 15) is 4.79 Å². The fourth-order valence-electron chi connectivity index (χ4n) is 4.17. The predicted octanol–water partition coefficient (Wildman–Crippen LogP) is 5.15. The van der Waals surface area contributed by atoms with Crippen LogP contribution in [0.2, 0.25) is 4.34 Å². The summed E-state index contributed by atoms with van der Waals surface area (Å²) >= 11 is 9.56. The maximum Gasteiger partial charge on any atom is 0.253 e. The second-order valence-electron chi connectivity index (χ2n) is 7.05. The number of carbonyl (C=O) groups is 1. The van der Waals surface area contributed by atoms with E-state index >= 15 is 0 Å². The van der Waals surface area contributed by atoms with E-state index in [1.54, 1.807) is 0 Å². The van der Waals surface area contributed by atoms with Gasteiger partial charge in [0.1, 0.15) is 4.34 Å². The number of thiophene rings is 2. The van der Waals surface area contributed by atoms with Gasteiger partial charge in [-0.1, -0.05) is 17.7 Å². The first-order chi connectivity index (χ1) is 12.4. The van der Waals surface area contributed by atoms with E-state index in [1.165, 1.54) is 23.3 Å². The lowest BCUT2D eigenvalue weighted by atomic mass is 9.76. The van der Waals surface area contributed by atoms with Crippen molar-refractivity contribution in [2.24, 2.45) is 11.7 Å². The molecule has 1 atom stereocenters. The van der Waals surface area contributed by atoms with Crippen LogP contribution in [-0.4, -0.2) is 32.0 Å². The van der Waals surface area contributed by atoms with E-state index in [4.69, 9.17) is 22.1 Å². The molecule has 1 unspecified atom stereocenters. The highest BCUT2D eigenvalue weighted by molar-refractivity contribution is 7.17. The first-order valence-corrected chi connectivity index (χ1v) is 10.9. The highest BCUT2D eigenvalue weighted by atomic mass is 35.5. The largest absolute Gasteiger partial charge is 0.493 e. The van der Waals surface area contributed by atoms with Crippen LogP contribution in [0.4, 0.5) is 0 Å². The Morgan fingerprint density at radius 2 is 2.04 bits per heavy atom.